The normalized spacial score (nSPS) is 18.6. The number of carbonyl (C=O) groups is 1. The van der Waals surface area contributed by atoms with E-state index in [0.717, 1.165) is 56.1 Å². The number of piperazine rings is 1. The van der Waals surface area contributed by atoms with E-state index in [9.17, 15) is 4.79 Å². The molecule has 1 atom stereocenters. The Morgan fingerprint density at radius 3 is 2.63 bits per heavy atom. The predicted molar refractivity (Wildman–Crippen MR) is 140 cm³/mol. The Bertz CT molecular complexity index is 1290. The number of nitrogens with zero attached hydrogens (tertiary/aromatic N) is 5. The van der Waals surface area contributed by atoms with Gasteiger partial charge in [0.25, 0.3) is 0 Å². The van der Waals surface area contributed by atoms with Crippen LogP contribution in [0, 0.1) is 0 Å². The Labute approximate surface area is 206 Å². The van der Waals surface area contributed by atoms with Gasteiger partial charge in [-0.15, -0.1) is 0 Å². The van der Waals surface area contributed by atoms with Crippen LogP contribution < -0.4 is 10.2 Å². The lowest BCUT2D eigenvalue weighted by Gasteiger charge is -2.37. The summed E-state index contributed by atoms with van der Waals surface area (Å²) in [5, 5.41) is 3.61. The summed E-state index contributed by atoms with van der Waals surface area (Å²) in [6, 6.07) is 19.6. The molecular weight excluding hydrogens is 436 g/mol. The van der Waals surface area contributed by atoms with E-state index in [-0.39, 0.29) is 12.1 Å². The van der Waals surface area contributed by atoms with Crippen LogP contribution in [-0.4, -0.2) is 66.8 Å². The third kappa shape index (κ3) is 4.11. The minimum atomic E-state index is 0.0903. The number of aliphatic imine (C=N–C) groups is 1. The first-order chi connectivity index (χ1) is 17.0. The smallest absolute Gasteiger partial charge is 0.319 e. The van der Waals surface area contributed by atoms with Crippen LogP contribution in [0.4, 0.5) is 21.9 Å². The molecule has 0 aliphatic carbocycles. The molecule has 0 bridgehead atoms. The number of carbonyl (C=O) groups excluding carboxylic acids is 1. The molecule has 4 heterocycles. The van der Waals surface area contributed by atoms with Gasteiger partial charge in [0.05, 0.1) is 23.1 Å². The molecule has 1 saturated heterocycles. The minimum Gasteiger partial charge on any atom is -0.376 e. The highest BCUT2D eigenvalue weighted by Gasteiger charge is 2.26. The molecular formula is C28H30N6O. The van der Waals surface area contributed by atoms with Crippen molar-refractivity contribution in [2.75, 3.05) is 50.5 Å². The number of rotatable bonds is 3. The zero-order valence-corrected chi connectivity index (χ0v) is 20.2. The third-order valence-electron chi connectivity index (χ3n) is 7.21. The van der Waals surface area contributed by atoms with E-state index < -0.39 is 0 Å². The second-order valence-electron chi connectivity index (χ2n) is 9.73. The molecule has 1 unspecified atom stereocenters. The minimum absolute atomic E-state index is 0.0903. The van der Waals surface area contributed by atoms with Crippen LogP contribution in [0.25, 0.3) is 0 Å². The molecule has 0 radical (unpaired) electrons. The molecule has 3 aliphatic rings. The maximum absolute atomic E-state index is 12.2. The zero-order chi connectivity index (χ0) is 23.9. The number of hydrogen-bond acceptors (Lipinski definition) is 5. The van der Waals surface area contributed by atoms with Crippen molar-refractivity contribution in [1.82, 2.24) is 14.8 Å². The number of benzene rings is 2. The van der Waals surface area contributed by atoms with Crippen LogP contribution >= 0.6 is 0 Å². The first-order valence-corrected chi connectivity index (χ1v) is 12.3. The van der Waals surface area contributed by atoms with E-state index in [1.54, 1.807) is 4.90 Å². The molecule has 7 heteroatoms. The van der Waals surface area contributed by atoms with Crippen molar-refractivity contribution in [3.05, 3.63) is 83.2 Å². The number of pyridine rings is 1. The van der Waals surface area contributed by atoms with Gasteiger partial charge in [-0.3, -0.25) is 9.98 Å². The average Bonchev–Trinajstić information content (AvgIpc) is 3.52. The molecule has 6 rings (SSSR count). The molecule has 178 valence electrons. The summed E-state index contributed by atoms with van der Waals surface area (Å²) in [5.74, 6) is 0. The Hall–Kier alpha value is -3.87. The molecule has 3 aromatic rings. The van der Waals surface area contributed by atoms with Crippen LogP contribution in [-0.2, 0) is 12.8 Å². The highest BCUT2D eigenvalue weighted by molar-refractivity contribution is 6.07. The van der Waals surface area contributed by atoms with Crippen LogP contribution in [0.15, 0.2) is 65.8 Å². The molecule has 35 heavy (non-hydrogen) atoms. The van der Waals surface area contributed by atoms with Crippen molar-refractivity contribution in [2.24, 2.45) is 4.99 Å². The SMILES string of the molecule is CN(C)C(=O)N1CCN(c2ccc3c(c2)CC(c2ccc4c(c2)CC(c2ccccn2)N4)=N3)CC1. The van der Waals surface area contributed by atoms with Gasteiger partial charge in [-0.05, 0) is 59.2 Å². The molecule has 7 nitrogen and oxygen atoms in total. The van der Waals surface area contributed by atoms with Crippen molar-refractivity contribution in [3.63, 3.8) is 0 Å². The van der Waals surface area contributed by atoms with Gasteiger partial charge >= 0.3 is 6.03 Å². The summed E-state index contributed by atoms with van der Waals surface area (Å²) in [6.07, 6.45) is 3.64. The second kappa shape index (κ2) is 8.73. The summed E-state index contributed by atoms with van der Waals surface area (Å²) >= 11 is 0. The fourth-order valence-corrected chi connectivity index (χ4v) is 5.29. The van der Waals surface area contributed by atoms with E-state index in [1.165, 1.54) is 28.1 Å². The van der Waals surface area contributed by atoms with Gasteiger partial charge in [0, 0.05) is 70.7 Å². The van der Waals surface area contributed by atoms with E-state index in [1.807, 2.05) is 37.3 Å². The topological polar surface area (TPSA) is 64.1 Å². The number of amides is 2. The summed E-state index contributed by atoms with van der Waals surface area (Å²) in [6.45, 7) is 3.19. The summed E-state index contributed by atoms with van der Waals surface area (Å²) < 4.78 is 0. The Morgan fingerprint density at radius 2 is 1.86 bits per heavy atom. The zero-order valence-electron chi connectivity index (χ0n) is 20.2. The maximum atomic E-state index is 12.2. The standard InChI is InChI=1S/C28H30N6O/c1-32(2)28(35)34-13-11-33(12-14-34)22-7-9-24-21(16-22)17-26(30-24)19-6-8-23-20(15-19)18-27(31-23)25-5-3-4-10-29-25/h3-10,15-16,27,31H,11-14,17-18H2,1-2H3. The molecule has 3 aliphatic heterocycles. The van der Waals surface area contributed by atoms with Crippen molar-refractivity contribution in [1.29, 1.82) is 0 Å². The molecule has 0 spiro atoms. The van der Waals surface area contributed by atoms with Gasteiger partial charge in [-0.25, -0.2) is 4.79 Å². The van der Waals surface area contributed by atoms with E-state index in [2.05, 4.69) is 57.7 Å². The fourth-order valence-electron chi connectivity index (χ4n) is 5.29. The highest BCUT2D eigenvalue weighted by atomic mass is 16.2. The number of nitrogens with one attached hydrogen (secondary N) is 1. The van der Waals surface area contributed by atoms with Gasteiger partial charge in [-0.2, -0.15) is 0 Å². The van der Waals surface area contributed by atoms with Crippen molar-refractivity contribution in [2.45, 2.75) is 18.9 Å². The van der Waals surface area contributed by atoms with Crippen LogP contribution in [0.3, 0.4) is 0 Å². The number of urea groups is 1. The van der Waals surface area contributed by atoms with E-state index in [4.69, 9.17) is 4.99 Å². The van der Waals surface area contributed by atoms with Gasteiger partial charge in [0.2, 0.25) is 0 Å². The summed E-state index contributed by atoms with van der Waals surface area (Å²) in [5.41, 5.74) is 9.47. The number of hydrogen-bond donors (Lipinski definition) is 1. The maximum Gasteiger partial charge on any atom is 0.319 e. The molecule has 2 amide bonds. The van der Waals surface area contributed by atoms with Crippen molar-refractivity contribution >= 4 is 28.8 Å². The van der Waals surface area contributed by atoms with Crippen LogP contribution in [0.1, 0.15) is 28.4 Å². The van der Waals surface area contributed by atoms with Crippen LogP contribution in [0.2, 0.25) is 0 Å². The monoisotopic (exact) mass is 466 g/mol. The van der Waals surface area contributed by atoms with Crippen LogP contribution in [0.5, 0.6) is 0 Å². The van der Waals surface area contributed by atoms with E-state index >= 15 is 0 Å². The Morgan fingerprint density at radius 1 is 1.00 bits per heavy atom. The van der Waals surface area contributed by atoms with Gasteiger partial charge in [0.15, 0.2) is 0 Å². The lowest BCUT2D eigenvalue weighted by atomic mass is 9.99. The first kappa shape index (κ1) is 21.6. The Balaban J connectivity index is 1.14. The lowest BCUT2D eigenvalue weighted by Crippen LogP contribution is -2.51. The lowest BCUT2D eigenvalue weighted by molar-refractivity contribution is 0.168. The Kier molecular flexibility index (Phi) is 5.40. The second-order valence-corrected chi connectivity index (χ2v) is 9.73. The first-order valence-electron chi connectivity index (χ1n) is 12.3. The van der Waals surface area contributed by atoms with Gasteiger partial charge < -0.3 is 20.0 Å². The summed E-state index contributed by atoms with van der Waals surface area (Å²) in [4.78, 5) is 27.7. The number of aromatic nitrogens is 1. The quantitative estimate of drug-likeness (QED) is 0.626. The largest absolute Gasteiger partial charge is 0.376 e. The number of anilines is 2. The predicted octanol–water partition coefficient (Wildman–Crippen LogP) is 4.27. The van der Waals surface area contributed by atoms with Crippen molar-refractivity contribution < 1.29 is 4.79 Å². The van der Waals surface area contributed by atoms with Gasteiger partial charge in [-0.1, -0.05) is 12.1 Å². The third-order valence-corrected chi connectivity index (χ3v) is 7.21. The molecule has 1 N–H and O–H groups in total. The molecule has 1 aromatic heterocycles. The molecule has 0 saturated carbocycles. The highest BCUT2D eigenvalue weighted by Crippen LogP contribution is 2.37. The number of fused-ring (bicyclic) bond motifs is 2. The summed E-state index contributed by atoms with van der Waals surface area (Å²) in [7, 11) is 3.62. The molecule has 1 fully saturated rings. The molecule has 2 aromatic carbocycles. The van der Waals surface area contributed by atoms with E-state index in [0.29, 0.717) is 0 Å². The fraction of sp³-hybridized carbons (Fsp3) is 0.321. The van der Waals surface area contributed by atoms with Crippen molar-refractivity contribution in [3.8, 4) is 0 Å². The average molecular weight is 467 g/mol. The van der Waals surface area contributed by atoms with Gasteiger partial charge in [0.1, 0.15) is 0 Å².